The fraction of sp³-hybridized carbons (Fsp3) is 0.786. The zero-order valence-electron chi connectivity index (χ0n) is 43.0. The van der Waals surface area contributed by atoms with E-state index in [9.17, 15) is 24.3 Å². The third-order valence-corrected chi connectivity index (χ3v) is 20.9. The number of nitrogens with zero attached hydrogens (tertiary/aromatic N) is 1. The molecular formula is C56H88N2O8. The van der Waals surface area contributed by atoms with Gasteiger partial charge < -0.3 is 24.2 Å². The average Bonchev–Trinajstić information content (AvgIpc) is 3.82. The predicted octanol–water partition coefficient (Wildman–Crippen LogP) is 10.5. The van der Waals surface area contributed by atoms with Gasteiger partial charge in [0.05, 0.1) is 18.1 Å². The van der Waals surface area contributed by atoms with Crippen LogP contribution in [0, 0.1) is 85.8 Å². The lowest BCUT2D eigenvalue weighted by atomic mass is 9.42. The van der Waals surface area contributed by atoms with E-state index < -0.39 is 29.1 Å². The second-order valence-electron chi connectivity index (χ2n) is 23.9. The van der Waals surface area contributed by atoms with Crippen LogP contribution in [-0.2, 0) is 28.6 Å². The first kappa shape index (κ1) is 52.5. The second kappa shape index (κ2) is 19.8. The summed E-state index contributed by atoms with van der Waals surface area (Å²) >= 11 is 0. The molecule has 6 saturated carbocycles. The van der Waals surface area contributed by atoms with Gasteiger partial charge in [-0.3, -0.25) is 19.7 Å². The Kier molecular flexibility index (Phi) is 15.8. The fourth-order valence-electron chi connectivity index (χ4n) is 16.1. The van der Waals surface area contributed by atoms with Crippen LogP contribution in [0.2, 0.25) is 0 Å². The van der Waals surface area contributed by atoms with Gasteiger partial charge in [0.15, 0.2) is 0 Å². The van der Waals surface area contributed by atoms with Crippen LogP contribution in [-0.4, -0.2) is 85.9 Å². The molecule has 10 heteroatoms. The fourth-order valence-corrected chi connectivity index (χ4v) is 16.1. The van der Waals surface area contributed by atoms with Gasteiger partial charge in [0.25, 0.3) is 0 Å². The maximum atomic E-state index is 13.7. The van der Waals surface area contributed by atoms with Crippen LogP contribution in [0.3, 0.4) is 0 Å². The zero-order valence-corrected chi connectivity index (χ0v) is 43.0. The predicted molar refractivity (Wildman–Crippen MR) is 261 cm³/mol. The number of hydrogen-bond donors (Lipinski definition) is 2. The van der Waals surface area contributed by atoms with E-state index >= 15 is 0 Å². The Morgan fingerprint density at radius 2 is 1.32 bits per heavy atom. The van der Waals surface area contributed by atoms with Gasteiger partial charge in [-0.05, 0) is 123 Å². The molecule has 0 aromatic heterocycles. The molecule has 10 nitrogen and oxygen atoms in total. The Morgan fingerprint density at radius 3 is 1.89 bits per heavy atom. The number of ether oxygens (including phenoxy) is 3. The summed E-state index contributed by atoms with van der Waals surface area (Å²) in [4.78, 5) is 55.6. The summed E-state index contributed by atoms with van der Waals surface area (Å²) in [7, 11) is 3.65. The molecule has 2 N–H and O–H groups in total. The largest absolute Gasteiger partial charge is 0.445 e. The Morgan fingerprint density at radius 1 is 0.773 bits per heavy atom. The number of imide groups is 1. The lowest BCUT2D eigenvalue weighted by molar-refractivity contribution is -0.214. The molecule has 6 aliphatic carbocycles. The molecule has 0 radical (unpaired) electrons. The molecule has 66 heavy (non-hydrogen) atoms. The van der Waals surface area contributed by atoms with Crippen LogP contribution < -0.4 is 5.32 Å². The molecule has 4 bridgehead atoms. The standard InChI is InChI=1S/C32H50N2O4.C24H38O4/c1-9-10-14-30(6)18-26(38-29(37)33-28(36)24-19-34(8)17-13-20(24)2)31(7)21(3)11-15-32(23(5)22(30)4)16-12-25(35)27(31)32;1-7-8-11-22(4)14-19(26)23(5)16(2)9-12-24(13-10-18(25)20(23)24)17(3)21(22)28-15-27-6/h9-10,14,20-24,26-27H,1,11-13,15-19H2,2-8H3,(H,33,36,37);7-8,11,16-17,19-21,26H,1,9-10,12-15H2,2-6H3/t20-,21+,22-,23-,24-,26+,27?,30+,31-,32?;16-,17+,19-,20?,21+,22-,23+,24?/m01/s1. The minimum atomic E-state index is -0.674. The van der Waals surface area contributed by atoms with Gasteiger partial charge in [0, 0.05) is 54.6 Å². The molecule has 4 unspecified atom stereocenters. The summed E-state index contributed by atoms with van der Waals surface area (Å²) < 4.78 is 17.9. The number of likely N-dealkylation sites (tertiary alicyclic amines) is 1. The normalized spacial score (nSPS) is 47.0. The second-order valence-corrected chi connectivity index (χ2v) is 23.9. The monoisotopic (exact) mass is 917 g/mol. The molecule has 0 aromatic rings. The van der Waals surface area contributed by atoms with Gasteiger partial charge >= 0.3 is 6.09 Å². The molecule has 18 atom stereocenters. The zero-order chi connectivity index (χ0) is 48.8. The van der Waals surface area contributed by atoms with E-state index in [-0.39, 0.29) is 81.9 Å². The van der Waals surface area contributed by atoms with E-state index in [1.54, 1.807) is 19.3 Å². The van der Waals surface area contributed by atoms with E-state index in [0.717, 1.165) is 51.5 Å². The molecular weight excluding hydrogens is 829 g/mol. The van der Waals surface area contributed by atoms with Gasteiger partial charge in [-0.1, -0.05) is 119 Å². The number of alkyl carbamates (subject to hydrolysis) is 1. The SMILES string of the molecule is C=CC=C[C@]1(C)C[C@@H](O)[C@@]2(C)C3C(=O)CCC3(CC[C@H]2C)[C@@H](C)[C@@H]1OCOC.C=CC=C[C@]1(C)C[C@@H](OC(=O)NC(=O)[C@H]2CN(C)CC[C@@H]2C)[C@@]2(C)C3C(=O)CCC3(CC[C@H]2C)[C@@H](C)[C@@H]1C. The van der Waals surface area contributed by atoms with Gasteiger partial charge in [0.1, 0.15) is 24.5 Å². The lowest BCUT2D eigenvalue weighted by Crippen LogP contribution is -2.62. The molecule has 2 amide bonds. The highest BCUT2D eigenvalue weighted by Gasteiger charge is 2.69. The molecule has 1 saturated heterocycles. The summed E-state index contributed by atoms with van der Waals surface area (Å²) in [6.07, 6.45) is 19.3. The topological polar surface area (TPSA) is 131 Å². The van der Waals surface area contributed by atoms with Crippen LogP contribution >= 0.6 is 0 Å². The number of methoxy groups -OCH3 is 1. The molecule has 1 aliphatic heterocycles. The number of hydrogen-bond acceptors (Lipinski definition) is 9. The number of carbonyl (C=O) groups excluding carboxylic acids is 4. The molecule has 7 aliphatic rings. The van der Waals surface area contributed by atoms with Crippen molar-refractivity contribution in [1.82, 2.24) is 10.2 Å². The van der Waals surface area contributed by atoms with Crippen LogP contribution in [0.1, 0.15) is 140 Å². The first-order valence-corrected chi connectivity index (χ1v) is 25.6. The Bertz CT molecular complexity index is 1900. The van der Waals surface area contributed by atoms with Crippen LogP contribution in [0.5, 0.6) is 0 Å². The van der Waals surface area contributed by atoms with Crippen LogP contribution in [0.4, 0.5) is 4.79 Å². The third kappa shape index (κ3) is 8.82. The number of piperidine rings is 1. The number of nitrogens with one attached hydrogen (secondary N) is 1. The van der Waals surface area contributed by atoms with E-state index in [2.05, 4.69) is 105 Å². The first-order valence-electron chi connectivity index (χ1n) is 25.6. The van der Waals surface area contributed by atoms with Crippen LogP contribution in [0.15, 0.2) is 49.6 Å². The molecule has 1 heterocycles. The number of allylic oxidation sites excluding steroid dienone is 5. The van der Waals surface area contributed by atoms with Gasteiger partial charge in [0.2, 0.25) is 5.91 Å². The minimum Gasteiger partial charge on any atom is -0.445 e. The smallest absolute Gasteiger partial charge is 0.414 e. The number of ketones is 2. The van der Waals surface area contributed by atoms with Crippen molar-refractivity contribution in [2.75, 3.05) is 34.0 Å². The summed E-state index contributed by atoms with van der Waals surface area (Å²) in [6, 6.07) is 0. The van der Waals surface area contributed by atoms with Crippen molar-refractivity contribution in [3.63, 3.8) is 0 Å². The van der Waals surface area contributed by atoms with Crippen molar-refractivity contribution in [3.05, 3.63) is 49.6 Å². The average molecular weight is 917 g/mol. The molecule has 0 aromatic carbocycles. The quantitative estimate of drug-likeness (QED) is 0.171. The summed E-state index contributed by atoms with van der Waals surface area (Å²) in [5.41, 5.74) is -1.71. The Labute approximate surface area is 398 Å². The number of aliphatic hydroxyl groups excluding tert-OH is 1. The van der Waals surface area contributed by atoms with E-state index in [1.807, 2.05) is 19.2 Å². The number of Topliss-reactive ketones (excluding diaryl/α,β-unsaturated/α-hetero) is 2. The van der Waals surface area contributed by atoms with Crippen molar-refractivity contribution >= 4 is 23.6 Å². The summed E-state index contributed by atoms with van der Waals surface area (Å²) in [5, 5.41) is 14.2. The maximum Gasteiger partial charge on any atom is 0.414 e. The highest BCUT2D eigenvalue weighted by molar-refractivity contribution is 5.93. The number of amides is 2. The van der Waals surface area contributed by atoms with Crippen molar-refractivity contribution in [1.29, 1.82) is 0 Å². The van der Waals surface area contributed by atoms with E-state index in [1.165, 1.54) is 0 Å². The summed E-state index contributed by atoms with van der Waals surface area (Å²) in [5.74, 6) is 1.52. The van der Waals surface area contributed by atoms with E-state index in [4.69, 9.17) is 14.2 Å². The van der Waals surface area contributed by atoms with Crippen molar-refractivity contribution in [2.24, 2.45) is 85.8 Å². The Hall–Kier alpha value is -2.92. The van der Waals surface area contributed by atoms with Gasteiger partial charge in [-0.2, -0.15) is 0 Å². The summed E-state index contributed by atoms with van der Waals surface area (Å²) in [6.45, 7) is 31.8. The van der Waals surface area contributed by atoms with Crippen molar-refractivity contribution in [3.8, 4) is 0 Å². The molecule has 7 fully saturated rings. The first-order chi connectivity index (χ1) is 31.0. The maximum absolute atomic E-state index is 13.7. The number of aliphatic hydroxyl groups is 1. The molecule has 370 valence electrons. The highest BCUT2D eigenvalue weighted by Crippen LogP contribution is 2.70. The third-order valence-electron chi connectivity index (χ3n) is 20.9. The minimum absolute atomic E-state index is 0.0858. The lowest BCUT2D eigenvalue weighted by Gasteiger charge is -2.62. The van der Waals surface area contributed by atoms with Crippen LogP contribution in [0.25, 0.3) is 0 Å². The number of carbonyl (C=O) groups is 4. The van der Waals surface area contributed by atoms with Crippen molar-refractivity contribution < 1.29 is 38.5 Å². The van der Waals surface area contributed by atoms with E-state index in [0.29, 0.717) is 55.6 Å². The molecule has 0 spiro atoms. The number of rotatable bonds is 9. The van der Waals surface area contributed by atoms with Crippen molar-refractivity contribution in [2.45, 2.75) is 158 Å². The van der Waals surface area contributed by atoms with Gasteiger partial charge in [-0.15, -0.1) is 0 Å². The molecule has 7 rings (SSSR count). The van der Waals surface area contributed by atoms with Gasteiger partial charge in [-0.25, -0.2) is 4.79 Å². The Balaban J connectivity index is 0.000000229. The highest BCUT2D eigenvalue weighted by atomic mass is 16.7.